The zero-order valence-corrected chi connectivity index (χ0v) is 16.5. The maximum absolute atomic E-state index is 14.7. The van der Waals surface area contributed by atoms with Gasteiger partial charge in [-0.15, -0.1) is 0 Å². The molecule has 2 saturated heterocycles. The summed E-state index contributed by atoms with van der Waals surface area (Å²) in [6.45, 7) is 4.76. The summed E-state index contributed by atoms with van der Waals surface area (Å²) in [5, 5.41) is 0.755. The minimum Gasteiger partial charge on any atom is -0.377 e. The summed E-state index contributed by atoms with van der Waals surface area (Å²) in [6.07, 6.45) is 3.81. The molecule has 0 saturated carbocycles. The van der Waals surface area contributed by atoms with Gasteiger partial charge in [-0.3, -0.25) is 10.4 Å². The molecular formula is C21H22F2N6O. The molecule has 7 nitrogen and oxygen atoms in total. The maximum atomic E-state index is 14.7. The van der Waals surface area contributed by atoms with Crippen molar-refractivity contribution in [3.05, 3.63) is 48.1 Å². The average molecular weight is 412 g/mol. The maximum Gasteiger partial charge on any atom is 0.215 e. The Bertz CT molecular complexity index is 1090. The number of nitrogens with one attached hydrogen (secondary N) is 2. The molecule has 0 aliphatic carbocycles. The van der Waals surface area contributed by atoms with Crippen molar-refractivity contribution < 1.29 is 13.5 Å². The summed E-state index contributed by atoms with van der Waals surface area (Å²) in [7, 11) is 0. The molecule has 5 heterocycles. The number of hydrazine groups is 1. The Labute approximate surface area is 172 Å². The van der Waals surface area contributed by atoms with Crippen LogP contribution in [0.15, 0.2) is 30.6 Å². The molecule has 156 valence electrons. The van der Waals surface area contributed by atoms with Crippen LogP contribution in [0.4, 0.5) is 14.6 Å². The summed E-state index contributed by atoms with van der Waals surface area (Å²) >= 11 is 0. The van der Waals surface area contributed by atoms with Crippen LogP contribution in [-0.4, -0.2) is 47.3 Å². The van der Waals surface area contributed by atoms with E-state index in [4.69, 9.17) is 9.72 Å². The fraction of sp³-hybridized carbons (Fsp3) is 0.381. The molecule has 0 bridgehead atoms. The second kappa shape index (κ2) is 7.82. The third-order valence-corrected chi connectivity index (χ3v) is 5.68. The lowest BCUT2D eigenvalue weighted by Gasteiger charge is -2.34. The molecule has 2 aliphatic rings. The molecule has 3 aromatic rings. The quantitative estimate of drug-likeness (QED) is 0.641. The summed E-state index contributed by atoms with van der Waals surface area (Å²) in [6, 6.07) is 4.61. The SMILES string of the molecule is C[C@@H]1COCCN1c1cc(-c2cnc(F)cc2F)c2ccnc(C3CCNN3)c2n1. The number of rotatable bonds is 3. The number of ether oxygens (including phenoxy) is 1. The van der Waals surface area contributed by atoms with Gasteiger partial charge in [-0.2, -0.15) is 4.39 Å². The van der Waals surface area contributed by atoms with Crippen molar-refractivity contribution in [2.45, 2.75) is 25.4 Å². The fourth-order valence-corrected chi connectivity index (χ4v) is 4.15. The molecule has 0 aromatic carbocycles. The second-order valence-electron chi connectivity index (χ2n) is 7.64. The van der Waals surface area contributed by atoms with Crippen molar-refractivity contribution in [2.24, 2.45) is 0 Å². The van der Waals surface area contributed by atoms with E-state index in [1.807, 2.05) is 12.1 Å². The Morgan fingerprint density at radius 2 is 2.10 bits per heavy atom. The van der Waals surface area contributed by atoms with E-state index in [2.05, 4.69) is 32.6 Å². The highest BCUT2D eigenvalue weighted by molar-refractivity contribution is 5.97. The summed E-state index contributed by atoms with van der Waals surface area (Å²) in [5.41, 5.74) is 8.72. The van der Waals surface area contributed by atoms with Crippen LogP contribution in [0.1, 0.15) is 25.1 Å². The highest BCUT2D eigenvalue weighted by atomic mass is 19.1. The first-order valence-corrected chi connectivity index (χ1v) is 10.1. The monoisotopic (exact) mass is 412 g/mol. The van der Waals surface area contributed by atoms with E-state index in [0.717, 1.165) is 35.9 Å². The largest absolute Gasteiger partial charge is 0.377 e. The molecule has 0 amide bonds. The van der Waals surface area contributed by atoms with Crippen LogP contribution in [0, 0.1) is 11.8 Å². The average Bonchev–Trinajstić information content (AvgIpc) is 3.28. The van der Waals surface area contributed by atoms with Gasteiger partial charge in [-0.1, -0.05) is 0 Å². The van der Waals surface area contributed by atoms with Crippen LogP contribution < -0.4 is 15.8 Å². The van der Waals surface area contributed by atoms with E-state index in [1.165, 1.54) is 6.20 Å². The van der Waals surface area contributed by atoms with E-state index in [0.29, 0.717) is 30.8 Å². The molecule has 9 heteroatoms. The Balaban J connectivity index is 1.75. The smallest absolute Gasteiger partial charge is 0.215 e. The van der Waals surface area contributed by atoms with E-state index in [9.17, 15) is 8.78 Å². The third kappa shape index (κ3) is 3.38. The Morgan fingerprint density at radius 1 is 1.20 bits per heavy atom. The van der Waals surface area contributed by atoms with E-state index < -0.39 is 11.8 Å². The third-order valence-electron chi connectivity index (χ3n) is 5.68. The van der Waals surface area contributed by atoms with Gasteiger partial charge in [0, 0.05) is 42.5 Å². The van der Waals surface area contributed by atoms with Crippen molar-refractivity contribution in [2.75, 3.05) is 31.2 Å². The summed E-state index contributed by atoms with van der Waals surface area (Å²) in [5.74, 6) is -0.785. The predicted octanol–water partition coefficient (Wildman–Crippen LogP) is 2.73. The van der Waals surface area contributed by atoms with Crippen molar-refractivity contribution in [3.8, 4) is 11.1 Å². The van der Waals surface area contributed by atoms with Crippen molar-refractivity contribution in [3.63, 3.8) is 0 Å². The first kappa shape index (κ1) is 19.2. The van der Waals surface area contributed by atoms with Crippen LogP contribution in [0.25, 0.3) is 22.0 Å². The van der Waals surface area contributed by atoms with Crippen LogP contribution in [0.5, 0.6) is 0 Å². The number of hydrogen-bond acceptors (Lipinski definition) is 7. The van der Waals surface area contributed by atoms with Crippen LogP contribution in [0.2, 0.25) is 0 Å². The van der Waals surface area contributed by atoms with Gasteiger partial charge in [0.2, 0.25) is 5.95 Å². The minimum absolute atomic E-state index is 0.00241. The van der Waals surface area contributed by atoms with Gasteiger partial charge in [-0.05, 0) is 31.0 Å². The van der Waals surface area contributed by atoms with Gasteiger partial charge in [0.05, 0.1) is 36.5 Å². The topological polar surface area (TPSA) is 75.2 Å². The fourth-order valence-electron chi connectivity index (χ4n) is 4.15. The number of halogens is 2. The zero-order valence-electron chi connectivity index (χ0n) is 16.5. The van der Waals surface area contributed by atoms with Gasteiger partial charge in [0.1, 0.15) is 11.6 Å². The van der Waals surface area contributed by atoms with Gasteiger partial charge in [0.15, 0.2) is 0 Å². The first-order chi connectivity index (χ1) is 14.6. The van der Waals surface area contributed by atoms with Gasteiger partial charge in [-0.25, -0.2) is 19.8 Å². The number of fused-ring (bicyclic) bond motifs is 1. The van der Waals surface area contributed by atoms with Crippen molar-refractivity contribution >= 4 is 16.7 Å². The van der Waals surface area contributed by atoms with E-state index >= 15 is 0 Å². The van der Waals surface area contributed by atoms with E-state index in [1.54, 1.807) is 6.20 Å². The second-order valence-corrected chi connectivity index (χ2v) is 7.64. The highest BCUT2D eigenvalue weighted by Crippen LogP contribution is 2.36. The number of anilines is 1. The molecule has 5 rings (SSSR count). The number of aromatic nitrogens is 3. The minimum atomic E-state index is -0.847. The Morgan fingerprint density at radius 3 is 2.87 bits per heavy atom. The molecule has 30 heavy (non-hydrogen) atoms. The summed E-state index contributed by atoms with van der Waals surface area (Å²) < 4.78 is 33.8. The summed E-state index contributed by atoms with van der Waals surface area (Å²) in [4.78, 5) is 15.4. The molecule has 2 aliphatic heterocycles. The molecular weight excluding hydrogens is 390 g/mol. The van der Waals surface area contributed by atoms with Gasteiger partial charge in [0.25, 0.3) is 0 Å². The Kier molecular flexibility index (Phi) is 5.01. The number of hydrogen-bond donors (Lipinski definition) is 2. The number of morpholine rings is 1. The standard InChI is InChI=1S/C21H22F2N6O/c1-12-11-30-7-6-29(12)19-8-14(15-10-25-18(23)9-16(15)22)13-2-4-24-21(20(13)27-19)17-3-5-26-28-17/h2,4,8-10,12,17,26,28H,3,5-7,11H2,1H3/t12-,17?/m1/s1. The predicted molar refractivity (Wildman–Crippen MR) is 109 cm³/mol. The zero-order chi connectivity index (χ0) is 20.7. The molecule has 0 spiro atoms. The van der Waals surface area contributed by atoms with Crippen molar-refractivity contribution in [1.29, 1.82) is 0 Å². The van der Waals surface area contributed by atoms with Crippen LogP contribution >= 0.6 is 0 Å². The lowest BCUT2D eigenvalue weighted by Crippen LogP contribution is -2.44. The molecule has 3 aromatic heterocycles. The molecule has 1 unspecified atom stereocenters. The highest BCUT2D eigenvalue weighted by Gasteiger charge is 2.26. The van der Waals surface area contributed by atoms with Crippen LogP contribution in [-0.2, 0) is 4.74 Å². The van der Waals surface area contributed by atoms with Gasteiger partial charge >= 0.3 is 0 Å². The van der Waals surface area contributed by atoms with Crippen LogP contribution in [0.3, 0.4) is 0 Å². The lowest BCUT2D eigenvalue weighted by molar-refractivity contribution is 0.0986. The molecule has 0 radical (unpaired) electrons. The Hall–Kier alpha value is -2.75. The number of nitrogens with zero attached hydrogens (tertiary/aromatic N) is 4. The van der Waals surface area contributed by atoms with E-state index in [-0.39, 0.29) is 17.6 Å². The molecule has 2 N–H and O–H groups in total. The molecule has 2 atom stereocenters. The van der Waals surface area contributed by atoms with Crippen molar-refractivity contribution in [1.82, 2.24) is 25.8 Å². The van der Waals surface area contributed by atoms with Gasteiger partial charge < -0.3 is 9.64 Å². The molecule has 2 fully saturated rings. The first-order valence-electron chi connectivity index (χ1n) is 10.1. The lowest BCUT2D eigenvalue weighted by atomic mass is 9.99. The number of pyridine rings is 3. The normalized spacial score (nSPS) is 22.0.